The molecule has 0 bridgehead atoms. The first-order chi connectivity index (χ1) is 10.2. The highest BCUT2D eigenvalue weighted by Crippen LogP contribution is 2.39. The molecule has 5 nitrogen and oxygen atoms in total. The minimum atomic E-state index is -4.99. The van der Waals surface area contributed by atoms with Crippen LogP contribution in [0.3, 0.4) is 0 Å². The average Bonchev–Trinajstić information content (AvgIpc) is 2.39. The van der Waals surface area contributed by atoms with Crippen LogP contribution in [0.15, 0.2) is 17.0 Å². The minimum absolute atomic E-state index is 0.0596. The monoisotopic (exact) mass is 395 g/mol. The summed E-state index contributed by atoms with van der Waals surface area (Å²) in [6.45, 7) is 0.612. The molecule has 1 rings (SSSR count). The second kappa shape index (κ2) is 6.64. The Balaban J connectivity index is 3.24. The largest absolute Gasteiger partial charge is 0.418 e. The molecule has 0 radical (unpaired) electrons. The van der Waals surface area contributed by atoms with Crippen LogP contribution in [0.25, 0.3) is 0 Å². The van der Waals surface area contributed by atoms with Gasteiger partial charge in [-0.05, 0) is 19.1 Å². The Morgan fingerprint density at radius 3 is 2.17 bits per heavy atom. The highest BCUT2D eigenvalue weighted by atomic mass is 35.5. The molecule has 0 saturated carbocycles. The molecule has 0 aliphatic carbocycles. The molecule has 0 amide bonds. The topological polar surface area (TPSA) is 77.8 Å². The molecule has 0 fully saturated rings. The lowest BCUT2D eigenvalue weighted by atomic mass is 10.1. The van der Waals surface area contributed by atoms with E-state index >= 15 is 0 Å². The quantitative estimate of drug-likeness (QED) is 0.747. The summed E-state index contributed by atoms with van der Waals surface area (Å²) in [6, 6.07) is 2.02. The standard InChI is InChI=1S/C12H14Cl2F3NO4S/c1-3-23(21,22)8-5-4-7(9(13)10(8)14)18(20)6-11(2,19)12(15,16)17/h4-5,19-20H,3,6H2,1-2H3/t11-/m1/s1. The molecule has 2 N–H and O–H groups in total. The third-order valence-electron chi connectivity index (χ3n) is 3.09. The van der Waals surface area contributed by atoms with Crippen molar-refractivity contribution in [2.75, 3.05) is 17.4 Å². The maximum absolute atomic E-state index is 12.6. The molecule has 0 saturated heterocycles. The second-order valence-corrected chi connectivity index (χ2v) is 7.95. The number of hydrogen-bond acceptors (Lipinski definition) is 5. The van der Waals surface area contributed by atoms with Gasteiger partial charge in [-0.3, -0.25) is 10.3 Å². The van der Waals surface area contributed by atoms with Crippen LogP contribution >= 0.6 is 23.2 Å². The highest BCUT2D eigenvalue weighted by molar-refractivity contribution is 7.91. The lowest BCUT2D eigenvalue weighted by Crippen LogP contribution is -2.50. The van der Waals surface area contributed by atoms with Gasteiger partial charge in [0.05, 0.1) is 32.9 Å². The van der Waals surface area contributed by atoms with Crippen LogP contribution in [0.5, 0.6) is 0 Å². The lowest BCUT2D eigenvalue weighted by Gasteiger charge is -2.31. The molecule has 132 valence electrons. The van der Waals surface area contributed by atoms with E-state index in [4.69, 9.17) is 23.2 Å². The van der Waals surface area contributed by atoms with Crippen molar-refractivity contribution in [3.8, 4) is 0 Å². The Kier molecular flexibility index (Phi) is 5.86. The van der Waals surface area contributed by atoms with Crippen LogP contribution in [-0.4, -0.2) is 42.8 Å². The second-order valence-electron chi connectivity index (χ2n) is 4.94. The zero-order valence-corrected chi connectivity index (χ0v) is 14.4. The summed E-state index contributed by atoms with van der Waals surface area (Å²) in [5.74, 6) is -0.256. The molecule has 0 spiro atoms. The normalized spacial score (nSPS) is 15.3. The van der Waals surface area contributed by atoms with Crippen molar-refractivity contribution < 1.29 is 31.9 Å². The highest BCUT2D eigenvalue weighted by Gasteiger charge is 2.51. The Morgan fingerprint density at radius 2 is 1.74 bits per heavy atom. The molecule has 0 unspecified atom stereocenters. The number of sulfone groups is 1. The van der Waals surface area contributed by atoms with Gasteiger partial charge in [-0.25, -0.2) is 8.42 Å². The van der Waals surface area contributed by atoms with E-state index in [-0.39, 0.29) is 21.4 Å². The van der Waals surface area contributed by atoms with Crippen LogP contribution in [0, 0.1) is 0 Å². The van der Waals surface area contributed by atoms with Crippen molar-refractivity contribution in [2.45, 2.75) is 30.5 Å². The first-order valence-electron chi connectivity index (χ1n) is 6.21. The van der Waals surface area contributed by atoms with Crippen LogP contribution < -0.4 is 5.06 Å². The molecule has 0 heterocycles. The lowest BCUT2D eigenvalue weighted by molar-refractivity contribution is -0.251. The molecule has 1 atom stereocenters. The van der Waals surface area contributed by atoms with Gasteiger partial charge in [0.1, 0.15) is 0 Å². The van der Waals surface area contributed by atoms with Gasteiger partial charge in [-0.2, -0.15) is 13.2 Å². The van der Waals surface area contributed by atoms with E-state index in [1.807, 2.05) is 0 Å². The Hall–Kier alpha value is -0.740. The molecular formula is C12H14Cl2F3NO4S. The van der Waals surface area contributed by atoms with Crippen LogP contribution in [-0.2, 0) is 9.84 Å². The van der Waals surface area contributed by atoms with E-state index in [0.29, 0.717) is 6.92 Å². The van der Waals surface area contributed by atoms with Crippen molar-refractivity contribution in [1.29, 1.82) is 0 Å². The van der Waals surface area contributed by atoms with Gasteiger partial charge in [0.2, 0.25) is 0 Å². The van der Waals surface area contributed by atoms with E-state index in [1.54, 1.807) is 0 Å². The summed E-state index contributed by atoms with van der Waals surface area (Å²) >= 11 is 11.7. The number of halogens is 5. The van der Waals surface area contributed by atoms with E-state index in [9.17, 15) is 31.9 Å². The van der Waals surface area contributed by atoms with Gasteiger partial charge in [-0.15, -0.1) is 0 Å². The first kappa shape index (κ1) is 20.3. The number of hydrogen-bond donors (Lipinski definition) is 2. The minimum Gasteiger partial charge on any atom is -0.379 e. The predicted octanol–water partition coefficient (Wildman–Crippen LogP) is 3.30. The summed E-state index contributed by atoms with van der Waals surface area (Å²) in [6.07, 6.45) is -4.99. The smallest absolute Gasteiger partial charge is 0.379 e. The van der Waals surface area contributed by atoms with Gasteiger partial charge >= 0.3 is 6.18 Å². The fourth-order valence-electron chi connectivity index (χ4n) is 1.58. The molecular weight excluding hydrogens is 382 g/mol. The van der Waals surface area contributed by atoms with Gasteiger partial charge in [0.25, 0.3) is 0 Å². The maximum atomic E-state index is 12.6. The number of rotatable bonds is 5. The van der Waals surface area contributed by atoms with E-state index < -0.39 is 38.2 Å². The van der Waals surface area contributed by atoms with Gasteiger partial charge < -0.3 is 5.11 Å². The number of nitrogens with zero attached hydrogens (tertiary/aromatic N) is 1. The van der Waals surface area contributed by atoms with Crippen molar-refractivity contribution in [3.05, 3.63) is 22.2 Å². The van der Waals surface area contributed by atoms with Crippen molar-refractivity contribution in [3.63, 3.8) is 0 Å². The van der Waals surface area contributed by atoms with Gasteiger partial charge in [0, 0.05) is 0 Å². The molecule has 1 aromatic carbocycles. The first-order valence-corrected chi connectivity index (χ1v) is 8.61. The molecule has 1 aromatic rings. The van der Waals surface area contributed by atoms with Crippen LogP contribution in [0.4, 0.5) is 18.9 Å². The molecule has 0 aliphatic heterocycles. The SMILES string of the molecule is CCS(=O)(=O)c1ccc(N(O)C[C@@](C)(O)C(F)(F)F)c(Cl)c1Cl. The molecule has 0 aliphatic rings. The van der Waals surface area contributed by atoms with Crippen LogP contribution in [0.1, 0.15) is 13.8 Å². The van der Waals surface area contributed by atoms with E-state index in [1.165, 1.54) is 6.92 Å². The zero-order valence-electron chi connectivity index (χ0n) is 12.0. The number of aliphatic hydroxyl groups is 1. The third kappa shape index (κ3) is 4.21. The molecule has 0 aromatic heterocycles. The number of benzene rings is 1. The zero-order chi connectivity index (χ0) is 18.2. The van der Waals surface area contributed by atoms with E-state index in [0.717, 1.165) is 12.1 Å². The average molecular weight is 396 g/mol. The fourth-order valence-corrected chi connectivity index (χ4v) is 3.38. The predicted molar refractivity (Wildman–Crippen MR) is 80.0 cm³/mol. The number of alkyl halides is 3. The summed E-state index contributed by atoms with van der Waals surface area (Å²) in [5.41, 5.74) is -3.58. The Labute approximate surface area is 141 Å². The molecule has 11 heteroatoms. The van der Waals surface area contributed by atoms with Crippen LogP contribution in [0.2, 0.25) is 10.0 Å². The Bertz CT molecular complexity index is 692. The van der Waals surface area contributed by atoms with Crippen molar-refractivity contribution in [2.24, 2.45) is 0 Å². The van der Waals surface area contributed by atoms with E-state index in [2.05, 4.69) is 0 Å². The number of anilines is 1. The summed E-state index contributed by atoms with van der Waals surface area (Å²) in [4.78, 5) is -0.300. The summed E-state index contributed by atoms with van der Waals surface area (Å²) in [5, 5.41) is 18.3. The number of hydroxylamine groups is 1. The summed E-state index contributed by atoms with van der Waals surface area (Å²) in [7, 11) is -3.70. The van der Waals surface area contributed by atoms with Crippen molar-refractivity contribution in [1.82, 2.24) is 0 Å². The Morgan fingerprint density at radius 1 is 1.22 bits per heavy atom. The van der Waals surface area contributed by atoms with Crippen molar-refractivity contribution >= 4 is 38.7 Å². The summed E-state index contributed by atoms with van der Waals surface area (Å²) < 4.78 is 61.5. The van der Waals surface area contributed by atoms with Gasteiger partial charge in [-0.1, -0.05) is 30.1 Å². The maximum Gasteiger partial charge on any atom is 0.418 e. The third-order valence-corrected chi connectivity index (χ3v) is 5.84. The fraction of sp³-hybridized carbons (Fsp3) is 0.500. The molecule has 23 heavy (non-hydrogen) atoms. The van der Waals surface area contributed by atoms with Gasteiger partial charge in [0.15, 0.2) is 15.4 Å².